The molecule has 0 radical (unpaired) electrons. The van der Waals surface area contributed by atoms with Crippen LogP contribution in [0, 0.1) is 13.8 Å². The molecule has 0 saturated carbocycles. The molecule has 4 rings (SSSR count). The van der Waals surface area contributed by atoms with Crippen LogP contribution in [0.5, 0.6) is 0 Å². The number of pyridine rings is 1. The van der Waals surface area contributed by atoms with Crippen LogP contribution in [0.4, 0.5) is 0 Å². The second kappa shape index (κ2) is 10.1. The highest BCUT2D eigenvalue weighted by Crippen LogP contribution is 2.32. The van der Waals surface area contributed by atoms with Crippen LogP contribution in [0.15, 0.2) is 116 Å². The minimum absolute atomic E-state index is 0.956. The lowest BCUT2D eigenvalue weighted by Gasteiger charge is -2.12. The van der Waals surface area contributed by atoms with Crippen molar-refractivity contribution in [1.82, 2.24) is 4.98 Å². The van der Waals surface area contributed by atoms with Crippen molar-refractivity contribution in [2.24, 2.45) is 0 Å². The van der Waals surface area contributed by atoms with Gasteiger partial charge in [-0.2, -0.15) is 0 Å². The molecule has 0 fully saturated rings. The zero-order chi connectivity index (χ0) is 23.2. The van der Waals surface area contributed by atoms with Crippen molar-refractivity contribution in [3.63, 3.8) is 0 Å². The zero-order valence-corrected chi connectivity index (χ0v) is 19.5. The first-order valence-corrected chi connectivity index (χ1v) is 11.3. The normalized spacial score (nSPS) is 11.4. The van der Waals surface area contributed by atoms with Gasteiger partial charge in [0, 0.05) is 11.8 Å². The predicted octanol–water partition coefficient (Wildman–Crippen LogP) is 8.84. The molecule has 0 amide bonds. The molecule has 0 aliphatic rings. The lowest BCUT2D eigenvalue weighted by molar-refractivity contribution is 1.32. The summed E-state index contributed by atoms with van der Waals surface area (Å²) in [5.41, 5.74) is 11.5. The molecule has 0 aliphatic heterocycles. The lowest BCUT2D eigenvalue weighted by atomic mass is 9.93. The molecule has 0 N–H and O–H groups in total. The van der Waals surface area contributed by atoms with Gasteiger partial charge in [0.1, 0.15) is 0 Å². The third-order valence-corrected chi connectivity index (χ3v) is 5.64. The van der Waals surface area contributed by atoms with Gasteiger partial charge in [-0.05, 0) is 84.5 Å². The average molecular weight is 428 g/mol. The molecule has 4 aromatic rings. The summed E-state index contributed by atoms with van der Waals surface area (Å²) in [6.07, 6.45) is 9.93. The van der Waals surface area contributed by atoms with E-state index in [1.165, 1.54) is 27.8 Å². The van der Waals surface area contributed by atoms with E-state index in [4.69, 9.17) is 0 Å². The molecule has 0 saturated heterocycles. The van der Waals surface area contributed by atoms with Gasteiger partial charge in [0.2, 0.25) is 0 Å². The lowest BCUT2D eigenvalue weighted by Crippen LogP contribution is -1.89. The monoisotopic (exact) mass is 427 g/mol. The first-order chi connectivity index (χ1) is 16.0. The van der Waals surface area contributed by atoms with Crippen LogP contribution in [0.25, 0.3) is 39.1 Å². The highest BCUT2D eigenvalue weighted by molar-refractivity contribution is 5.82. The maximum atomic E-state index is 4.57. The van der Waals surface area contributed by atoms with E-state index in [2.05, 4.69) is 86.1 Å². The molecular formula is C32H29N. The molecule has 1 nitrogen and oxygen atoms in total. The zero-order valence-electron chi connectivity index (χ0n) is 19.5. The maximum Gasteiger partial charge on any atom is 0.0702 e. The smallest absolute Gasteiger partial charge is 0.0702 e. The van der Waals surface area contributed by atoms with Crippen molar-refractivity contribution in [3.8, 4) is 33.5 Å². The highest BCUT2D eigenvalue weighted by Gasteiger charge is 2.08. The number of allylic oxidation sites excluding steroid dienone is 5. The predicted molar refractivity (Wildman–Crippen MR) is 143 cm³/mol. The molecule has 0 aliphatic carbocycles. The molecule has 0 bridgehead atoms. The fraction of sp³-hybridized carbons (Fsp3) is 0.0938. The SMILES string of the molecule is C=C(/C=C\C=C/C)c1cc(-c2ccc(-c3cc(C)cc(C)c3)cc2)cc(-c2ccccn2)c1. The van der Waals surface area contributed by atoms with Gasteiger partial charge in [-0.15, -0.1) is 0 Å². The van der Waals surface area contributed by atoms with Gasteiger partial charge in [-0.1, -0.05) is 90.5 Å². The van der Waals surface area contributed by atoms with Gasteiger partial charge in [-0.3, -0.25) is 4.98 Å². The van der Waals surface area contributed by atoms with Crippen LogP contribution in [-0.2, 0) is 0 Å². The Kier molecular flexibility index (Phi) is 6.80. The fourth-order valence-corrected chi connectivity index (χ4v) is 4.04. The summed E-state index contributed by atoms with van der Waals surface area (Å²) in [6.45, 7) is 10.6. The van der Waals surface area contributed by atoms with E-state index in [0.717, 1.165) is 28.0 Å². The van der Waals surface area contributed by atoms with E-state index in [9.17, 15) is 0 Å². The molecule has 0 atom stereocenters. The Balaban J connectivity index is 1.76. The summed E-state index contributed by atoms with van der Waals surface area (Å²) >= 11 is 0. The third-order valence-electron chi connectivity index (χ3n) is 5.64. The van der Waals surface area contributed by atoms with Crippen molar-refractivity contribution in [2.45, 2.75) is 20.8 Å². The molecule has 33 heavy (non-hydrogen) atoms. The molecule has 1 heterocycles. The number of nitrogens with zero attached hydrogens (tertiary/aromatic N) is 1. The third kappa shape index (κ3) is 5.45. The van der Waals surface area contributed by atoms with Crippen molar-refractivity contribution in [3.05, 3.63) is 133 Å². The van der Waals surface area contributed by atoms with Crippen molar-refractivity contribution >= 4 is 5.57 Å². The number of aromatic nitrogens is 1. The van der Waals surface area contributed by atoms with Gasteiger partial charge in [0.05, 0.1) is 5.69 Å². The van der Waals surface area contributed by atoms with Gasteiger partial charge in [-0.25, -0.2) is 0 Å². The molecule has 0 spiro atoms. The van der Waals surface area contributed by atoms with Crippen LogP contribution in [0.3, 0.4) is 0 Å². The molecular weight excluding hydrogens is 398 g/mol. The molecule has 162 valence electrons. The number of aryl methyl sites for hydroxylation is 2. The second-order valence-electron chi connectivity index (χ2n) is 8.38. The number of benzene rings is 3. The average Bonchev–Trinajstić information content (AvgIpc) is 2.84. The standard InChI is InChI=1S/C32H29N/c1-5-6-7-10-25(4)28-20-30(22-31(21-28)32-11-8-9-16-33-32)27-14-12-26(13-15-27)29-18-23(2)17-24(3)19-29/h5-22H,4H2,1-3H3/b6-5-,10-7-. The fourth-order valence-electron chi connectivity index (χ4n) is 4.04. The van der Waals surface area contributed by atoms with E-state index >= 15 is 0 Å². The number of hydrogen-bond donors (Lipinski definition) is 0. The van der Waals surface area contributed by atoms with Crippen molar-refractivity contribution in [1.29, 1.82) is 0 Å². The Labute approximate surface area is 197 Å². The summed E-state index contributed by atoms with van der Waals surface area (Å²) < 4.78 is 0. The Morgan fingerprint density at radius 3 is 1.94 bits per heavy atom. The van der Waals surface area contributed by atoms with Crippen LogP contribution < -0.4 is 0 Å². The first kappa shape index (κ1) is 22.2. The van der Waals surface area contributed by atoms with Crippen LogP contribution in [0.2, 0.25) is 0 Å². The van der Waals surface area contributed by atoms with E-state index in [1.807, 2.05) is 55.6 Å². The van der Waals surface area contributed by atoms with Crippen LogP contribution in [-0.4, -0.2) is 4.98 Å². The van der Waals surface area contributed by atoms with Crippen molar-refractivity contribution < 1.29 is 0 Å². The van der Waals surface area contributed by atoms with E-state index in [0.29, 0.717) is 0 Å². The van der Waals surface area contributed by atoms with Gasteiger partial charge in [0.25, 0.3) is 0 Å². The van der Waals surface area contributed by atoms with Crippen LogP contribution >= 0.6 is 0 Å². The second-order valence-corrected chi connectivity index (χ2v) is 8.38. The van der Waals surface area contributed by atoms with E-state index in [-0.39, 0.29) is 0 Å². The molecule has 1 heteroatoms. The Morgan fingerprint density at radius 1 is 0.697 bits per heavy atom. The highest BCUT2D eigenvalue weighted by atomic mass is 14.7. The van der Waals surface area contributed by atoms with E-state index in [1.54, 1.807) is 0 Å². The summed E-state index contributed by atoms with van der Waals surface area (Å²) in [6, 6.07) is 28.1. The molecule has 3 aromatic carbocycles. The summed E-state index contributed by atoms with van der Waals surface area (Å²) in [5.74, 6) is 0. The van der Waals surface area contributed by atoms with Gasteiger partial charge in [0.15, 0.2) is 0 Å². The number of hydrogen-bond acceptors (Lipinski definition) is 1. The topological polar surface area (TPSA) is 12.9 Å². The number of rotatable bonds is 6. The van der Waals surface area contributed by atoms with E-state index < -0.39 is 0 Å². The molecule has 1 aromatic heterocycles. The maximum absolute atomic E-state index is 4.57. The summed E-state index contributed by atoms with van der Waals surface area (Å²) in [5, 5.41) is 0. The van der Waals surface area contributed by atoms with Crippen molar-refractivity contribution in [2.75, 3.05) is 0 Å². The Morgan fingerprint density at radius 2 is 1.33 bits per heavy atom. The Hall–Kier alpha value is -3.97. The summed E-state index contributed by atoms with van der Waals surface area (Å²) in [7, 11) is 0. The van der Waals surface area contributed by atoms with Gasteiger partial charge < -0.3 is 0 Å². The van der Waals surface area contributed by atoms with Crippen LogP contribution in [0.1, 0.15) is 23.6 Å². The quantitative estimate of drug-likeness (QED) is 0.280. The largest absolute Gasteiger partial charge is 0.256 e. The minimum atomic E-state index is 0.956. The molecule has 0 unspecified atom stereocenters. The first-order valence-electron chi connectivity index (χ1n) is 11.3. The van der Waals surface area contributed by atoms with Gasteiger partial charge >= 0.3 is 0 Å². The Bertz CT molecular complexity index is 1300. The summed E-state index contributed by atoms with van der Waals surface area (Å²) in [4.78, 5) is 4.57. The minimum Gasteiger partial charge on any atom is -0.256 e.